The van der Waals surface area contributed by atoms with Gasteiger partial charge in [-0.15, -0.1) is 0 Å². The number of hydrogen-bond donors (Lipinski definition) is 2. The fourth-order valence-corrected chi connectivity index (χ4v) is 3.64. The number of nitrogens with two attached hydrogens (primary N) is 1. The lowest BCUT2D eigenvalue weighted by molar-refractivity contribution is 0.0154. The van der Waals surface area contributed by atoms with E-state index in [1.54, 1.807) is 18.1 Å². The zero-order chi connectivity index (χ0) is 16.6. The molecule has 6 nitrogen and oxygen atoms in total. The second-order valence-electron chi connectivity index (χ2n) is 6.88. The number of hydrogen-bond acceptors (Lipinski definition) is 6. The normalized spacial score (nSPS) is 31.9. The van der Waals surface area contributed by atoms with E-state index in [-0.39, 0.29) is 5.54 Å². The van der Waals surface area contributed by atoms with E-state index in [4.69, 9.17) is 18.6 Å². The molecular formula is C16H24BN5O. The van der Waals surface area contributed by atoms with E-state index in [9.17, 15) is 5.11 Å². The molecule has 0 saturated carbocycles. The largest absolute Gasteiger partial charge is 0.373 e. The van der Waals surface area contributed by atoms with Gasteiger partial charge in [-0.2, -0.15) is 0 Å². The summed E-state index contributed by atoms with van der Waals surface area (Å²) >= 11 is 0. The minimum atomic E-state index is -0.582. The van der Waals surface area contributed by atoms with Gasteiger partial charge in [-0.1, -0.05) is 5.46 Å². The summed E-state index contributed by atoms with van der Waals surface area (Å²) in [6, 6.07) is 1.96. The predicted molar refractivity (Wildman–Crippen MR) is 93.0 cm³/mol. The van der Waals surface area contributed by atoms with Crippen molar-refractivity contribution in [1.82, 2.24) is 9.88 Å². The minimum absolute atomic E-state index is 0.333. The summed E-state index contributed by atoms with van der Waals surface area (Å²) in [5.41, 5.74) is 7.37. The zero-order valence-electron chi connectivity index (χ0n) is 13.8. The zero-order valence-corrected chi connectivity index (χ0v) is 13.8. The molecule has 122 valence electrons. The molecular weight excluding hydrogens is 289 g/mol. The summed E-state index contributed by atoms with van der Waals surface area (Å²) in [5, 5.41) is 10.3. The molecule has 0 bridgehead atoms. The quantitative estimate of drug-likeness (QED) is 0.741. The Balaban J connectivity index is 1.81. The first-order chi connectivity index (χ1) is 10.9. The van der Waals surface area contributed by atoms with Gasteiger partial charge in [-0.25, -0.2) is 4.99 Å². The number of aliphatic hydroxyl groups excluding tert-OH is 1. The van der Waals surface area contributed by atoms with Crippen LogP contribution in [-0.2, 0) is 0 Å². The van der Waals surface area contributed by atoms with Crippen molar-refractivity contribution in [3.63, 3.8) is 0 Å². The second-order valence-corrected chi connectivity index (χ2v) is 6.88. The summed E-state index contributed by atoms with van der Waals surface area (Å²) in [6.45, 7) is 3.95. The Morgan fingerprint density at radius 3 is 2.91 bits per heavy atom. The molecule has 2 aliphatic heterocycles. The smallest absolute Gasteiger partial charge is 0.193 e. The van der Waals surface area contributed by atoms with Gasteiger partial charge in [0, 0.05) is 38.7 Å². The van der Waals surface area contributed by atoms with Crippen LogP contribution in [0.5, 0.6) is 0 Å². The monoisotopic (exact) mass is 313 g/mol. The average Bonchev–Trinajstić information content (AvgIpc) is 2.53. The Hall–Kier alpha value is -1.76. The van der Waals surface area contributed by atoms with Crippen molar-refractivity contribution in [2.75, 3.05) is 25.0 Å². The molecule has 7 heteroatoms. The third-order valence-corrected chi connectivity index (χ3v) is 5.19. The maximum atomic E-state index is 10.3. The Morgan fingerprint density at radius 2 is 2.22 bits per heavy atom. The first-order valence-corrected chi connectivity index (χ1v) is 8.11. The highest BCUT2D eigenvalue weighted by Crippen LogP contribution is 2.37. The maximum Gasteiger partial charge on any atom is 0.193 e. The molecule has 3 heterocycles. The molecule has 2 radical (unpaired) electrons. The Bertz CT molecular complexity index is 610. The lowest BCUT2D eigenvalue weighted by atomic mass is 9.77. The van der Waals surface area contributed by atoms with E-state index in [1.807, 2.05) is 12.3 Å². The SMILES string of the molecule is [B]c1cncc(N2CCCC([C@]3(C)CC(O)N(C)C(N)=N3)C2)c1. The number of nitrogens with zero attached hydrogens (tertiary/aromatic N) is 4. The first-order valence-electron chi connectivity index (χ1n) is 8.11. The van der Waals surface area contributed by atoms with Gasteiger partial charge < -0.3 is 20.6 Å². The summed E-state index contributed by atoms with van der Waals surface area (Å²) in [5.74, 6) is 0.744. The summed E-state index contributed by atoms with van der Waals surface area (Å²) in [6.07, 6.45) is 5.68. The van der Waals surface area contributed by atoms with E-state index >= 15 is 0 Å². The molecule has 0 spiro atoms. The van der Waals surface area contributed by atoms with Crippen molar-refractivity contribution in [3.8, 4) is 0 Å². The van der Waals surface area contributed by atoms with E-state index in [0.29, 0.717) is 23.8 Å². The molecule has 2 unspecified atom stereocenters. The van der Waals surface area contributed by atoms with Crippen LogP contribution in [0.15, 0.2) is 23.5 Å². The van der Waals surface area contributed by atoms with Gasteiger partial charge in [-0.3, -0.25) is 4.98 Å². The third-order valence-electron chi connectivity index (χ3n) is 5.19. The molecule has 3 atom stereocenters. The molecule has 1 aromatic heterocycles. The third kappa shape index (κ3) is 3.15. The van der Waals surface area contributed by atoms with Crippen molar-refractivity contribution in [2.45, 2.75) is 38.0 Å². The van der Waals surface area contributed by atoms with Gasteiger partial charge in [0.2, 0.25) is 0 Å². The van der Waals surface area contributed by atoms with Crippen molar-refractivity contribution in [3.05, 3.63) is 18.5 Å². The maximum absolute atomic E-state index is 10.3. The minimum Gasteiger partial charge on any atom is -0.373 e. The predicted octanol–water partition coefficient (Wildman–Crippen LogP) is -0.181. The first kappa shape index (κ1) is 16.1. The van der Waals surface area contributed by atoms with Crippen LogP contribution in [0.1, 0.15) is 26.2 Å². The van der Waals surface area contributed by atoms with Crippen LogP contribution in [0.2, 0.25) is 0 Å². The number of rotatable bonds is 2. The second kappa shape index (κ2) is 6.04. The number of pyridine rings is 1. The average molecular weight is 313 g/mol. The molecule has 2 aliphatic rings. The van der Waals surface area contributed by atoms with Crippen LogP contribution < -0.4 is 16.1 Å². The highest BCUT2D eigenvalue weighted by molar-refractivity contribution is 6.32. The lowest BCUT2D eigenvalue weighted by Gasteiger charge is -2.46. The van der Waals surface area contributed by atoms with Gasteiger partial charge in [-0.05, 0) is 25.8 Å². The molecule has 3 N–H and O–H groups in total. The van der Waals surface area contributed by atoms with E-state index in [2.05, 4.69) is 16.8 Å². The van der Waals surface area contributed by atoms with Crippen LogP contribution in [0.3, 0.4) is 0 Å². The number of aliphatic hydroxyl groups is 1. The summed E-state index contributed by atoms with van der Waals surface area (Å²) in [7, 11) is 7.63. The molecule has 3 rings (SSSR count). The Kier molecular flexibility index (Phi) is 4.23. The standard InChI is InChI=1S/C16H24BN5O/c1-16(7-14(23)21(2)15(18)20-16)11-4-3-5-22(10-11)13-6-12(17)8-19-9-13/h6,8-9,11,14,23H,3-5,7,10H2,1-2H3,(H2,18,20)/t11?,14?,16-/m0/s1. The van der Waals surface area contributed by atoms with Crippen LogP contribution in [0, 0.1) is 5.92 Å². The van der Waals surface area contributed by atoms with E-state index in [1.165, 1.54) is 0 Å². The van der Waals surface area contributed by atoms with Gasteiger partial charge in [0.25, 0.3) is 0 Å². The topological polar surface area (TPSA) is 78.0 Å². The Labute approximate surface area is 138 Å². The van der Waals surface area contributed by atoms with Gasteiger partial charge in [0.05, 0.1) is 17.4 Å². The molecule has 1 saturated heterocycles. The number of piperidine rings is 1. The molecule has 23 heavy (non-hydrogen) atoms. The van der Waals surface area contributed by atoms with E-state index in [0.717, 1.165) is 31.6 Å². The van der Waals surface area contributed by atoms with Crippen LogP contribution in [0.4, 0.5) is 5.69 Å². The molecule has 0 aromatic carbocycles. The summed E-state index contributed by atoms with van der Waals surface area (Å²) in [4.78, 5) is 12.8. The Morgan fingerprint density at radius 1 is 1.43 bits per heavy atom. The van der Waals surface area contributed by atoms with Crippen molar-refractivity contribution >= 4 is 25.0 Å². The lowest BCUT2D eigenvalue weighted by Crippen LogP contribution is -2.56. The van der Waals surface area contributed by atoms with Gasteiger partial charge >= 0.3 is 0 Å². The number of guanidine groups is 1. The fourth-order valence-electron chi connectivity index (χ4n) is 3.64. The number of aliphatic imine (C=N–C) groups is 1. The highest BCUT2D eigenvalue weighted by atomic mass is 16.3. The van der Waals surface area contributed by atoms with Crippen molar-refractivity contribution in [1.29, 1.82) is 0 Å². The molecule has 1 fully saturated rings. The van der Waals surface area contributed by atoms with Gasteiger partial charge in [0.15, 0.2) is 5.96 Å². The van der Waals surface area contributed by atoms with Crippen molar-refractivity contribution in [2.24, 2.45) is 16.6 Å². The summed E-state index contributed by atoms with van der Waals surface area (Å²) < 4.78 is 0. The highest BCUT2D eigenvalue weighted by Gasteiger charge is 2.42. The molecule has 0 aliphatic carbocycles. The molecule has 0 amide bonds. The van der Waals surface area contributed by atoms with Crippen LogP contribution in [-0.4, -0.2) is 60.7 Å². The van der Waals surface area contributed by atoms with E-state index < -0.39 is 6.23 Å². The van der Waals surface area contributed by atoms with Crippen molar-refractivity contribution < 1.29 is 5.11 Å². The van der Waals surface area contributed by atoms with Crippen LogP contribution in [0.25, 0.3) is 0 Å². The fraction of sp³-hybridized carbons (Fsp3) is 0.625. The number of anilines is 1. The molecule has 1 aromatic rings. The van der Waals surface area contributed by atoms with Crippen LogP contribution >= 0.6 is 0 Å². The number of aromatic nitrogens is 1. The van der Waals surface area contributed by atoms with Gasteiger partial charge in [0.1, 0.15) is 14.1 Å².